The van der Waals surface area contributed by atoms with Gasteiger partial charge in [-0.1, -0.05) is 6.07 Å². The van der Waals surface area contributed by atoms with Crippen molar-refractivity contribution in [1.82, 2.24) is 10.3 Å². The Morgan fingerprint density at radius 3 is 2.56 bits per heavy atom. The lowest BCUT2D eigenvalue weighted by Gasteiger charge is -2.36. The largest absolute Gasteiger partial charge is 0.496 e. The van der Waals surface area contributed by atoms with Gasteiger partial charge < -0.3 is 9.64 Å². The number of amides is 1. The fourth-order valence-corrected chi connectivity index (χ4v) is 4.05. The van der Waals surface area contributed by atoms with Crippen LogP contribution in [0.1, 0.15) is 21.5 Å². The van der Waals surface area contributed by atoms with Gasteiger partial charge in [0.15, 0.2) is 0 Å². The maximum absolute atomic E-state index is 13.2. The summed E-state index contributed by atoms with van der Waals surface area (Å²) in [6, 6.07) is 17.7. The van der Waals surface area contributed by atoms with Gasteiger partial charge in [0.25, 0.3) is 11.6 Å². The average Bonchev–Trinajstić information content (AvgIpc) is 2.90. The fourth-order valence-electron chi connectivity index (χ4n) is 4.05. The van der Waals surface area contributed by atoms with Crippen LogP contribution in [-0.4, -0.2) is 55.2 Å². The predicted molar refractivity (Wildman–Crippen MR) is 135 cm³/mol. The van der Waals surface area contributed by atoms with Crippen molar-refractivity contribution in [3.8, 4) is 5.75 Å². The van der Waals surface area contributed by atoms with Crippen LogP contribution < -0.4 is 15.1 Å². The number of hydrogen-bond donors (Lipinski definition) is 1. The maximum atomic E-state index is 13.2. The van der Waals surface area contributed by atoms with E-state index in [4.69, 9.17) is 4.74 Å². The van der Waals surface area contributed by atoms with Crippen LogP contribution in [0, 0.1) is 15.9 Å². The lowest BCUT2D eigenvalue weighted by molar-refractivity contribution is -0.384. The molecule has 0 saturated carbocycles. The quantitative estimate of drug-likeness (QED) is 0.292. The summed E-state index contributed by atoms with van der Waals surface area (Å²) in [5.74, 6) is -0.0204. The van der Waals surface area contributed by atoms with Crippen LogP contribution in [0.15, 0.2) is 71.8 Å². The number of nitro groups is 1. The van der Waals surface area contributed by atoms with E-state index < -0.39 is 10.8 Å². The normalized spacial score (nSPS) is 14.1. The van der Waals surface area contributed by atoms with Gasteiger partial charge in [0.1, 0.15) is 11.6 Å². The van der Waals surface area contributed by atoms with Gasteiger partial charge in [0.05, 0.1) is 18.2 Å². The highest BCUT2D eigenvalue weighted by molar-refractivity contribution is 5.95. The fraction of sp³-hybridized carbons (Fsp3) is 0.231. The van der Waals surface area contributed by atoms with E-state index in [1.807, 2.05) is 18.2 Å². The molecule has 0 bridgehead atoms. The highest BCUT2D eigenvalue weighted by Gasteiger charge is 2.19. The average molecular weight is 492 g/mol. The van der Waals surface area contributed by atoms with Gasteiger partial charge in [-0.3, -0.25) is 19.8 Å². The van der Waals surface area contributed by atoms with Gasteiger partial charge in [-0.2, -0.15) is 5.10 Å². The number of ether oxygens (including phenoxy) is 1. The molecule has 0 spiro atoms. The number of nitrogens with one attached hydrogen (secondary N) is 1. The molecular weight excluding hydrogens is 465 g/mol. The molecule has 0 unspecified atom stereocenters. The summed E-state index contributed by atoms with van der Waals surface area (Å²) < 4.78 is 18.7. The lowest BCUT2D eigenvalue weighted by Crippen LogP contribution is -2.46. The summed E-state index contributed by atoms with van der Waals surface area (Å²) in [5, 5.41) is 14.9. The minimum atomic E-state index is -0.554. The molecule has 186 valence electrons. The van der Waals surface area contributed by atoms with Gasteiger partial charge in [0, 0.05) is 61.7 Å². The van der Waals surface area contributed by atoms with Crippen LogP contribution >= 0.6 is 0 Å². The molecule has 1 saturated heterocycles. The van der Waals surface area contributed by atoms with Crippen LogP contribution in [0.3, 0.4) is 0 Å². The van der Waals surface area contributed by atoms with E-state index in [-0.39, 0.29) is 17.1 Å². The predicted octanol–water partition coefficient (Wildman–Crippen LogP) is 3.83. The van der Waals surface area contributed by atoms with Crippen molar-refractivity contribution in [2.75, 3.05) is 38.2 Å². The summed E-state index contributed by atoms with van der Waals surface area (Å²) in [6.07, 6.45) is 1.52. The highest BCUT2D eigenvalue weighted by Crippen LogP contribution is 2.23. The molecule has 1 aliphatic heterocycles. The third-order valence-electron chi connectivity index (χ3n) is 5.96. The SMILES string of the molecule is COc1ccc(/C=N/NC(=O)c2cccc([N+](=O)[O-])c2)cc1CN1CCN(c2ccc(F)cc2)CC1. The van der Waals surface area contributed by atoms with Gasteiger partial charge in [0.2, 0.25) is 0 Å². The Labute approximate surface area is 207 Å². The molecule has 0 aromatic heterocycles. The van der Waals surface area contributed by atoms with Gasteiger partial charge >= 0.3 is 0 Å². The summed E-state index contributed by atoms with van der Waals surface area (Å²) in [6.45, 7) is 4.04. The molecule has 3 aromatic carbocycles. The van der Waals surface area contributed by atoms with Crippen molar-refractivity contribution in [3.63, 3.8) is 0 Å². The summed E-state index contributed by atoms with van der Waals surface area (Å²) in [7, 11) is 1.62. The zero-order chi connectivity index (χ0) is 25.5. The highest BCUT2D eigenvalue weighted by atomic mass is 19.1. The number of non-ortho nitro benzene ring substituents is 1. The number of piperazine rings is 1. The van der Waals surface area contributed by atoms with E-state index in [1.54, 1.807) is 19.2 Å². The molecule has 3 aromatic rings. The molecule has 0 aliphatic carbocycles. The Morgan fingerprint density at radius 1 is 1.11 bits per heavy atom. The van der Waals surface area contributed by atoms with Crippen LogP contribution in [0.25, 0.3) is 0 Å². The number of carbonyl (C=O) groups is 1. The number of hydrazone groups is 1. The van der Waals surface area contributed by atoms with Crippen molar-refractivity contribution in [2.24, 2.45) is 5.10 Å². The summed E-state index contributed by atoms with van der Waals surface area (Å²) in [4.78, 5) is 27.2. The first-order valence-electron chi connectivity index (χ1n) is 11.4. The third kappa shape index (κ3) is 6.22. The molecule has 1 N–H and O–H groups in total. The summed E-state index contributed by atoms with van der Waals surface area (Å²) in [5.41, 5.74) is 5.17. The van der Waals surface area contributed by atoms with Crippen LogP contribution in [0.4, 0.5) is 15.8 Å². The minimum Gasteiger partial charge on any atom is -0.496 e. The summed E-state index contributed by atoms with van der Waals surface area (Å²) >= 11 is 0. The number of anilines is 1. The Bertz CT molecular complexity index is 1260. The van der Waals surface area contributed by atoms with Crippen molar-refractivity contribution >= 4 is 23.5 Å². The minimum absolute atomic E-state index is 0.150. The molecule has 1 aliphatic rings. The van der Waals surface area contributed by atoms with E-state index in [0.717, 1.165) is 48.7 Å². The number of carbonyl (C=O) groups excluding carboxylic acids is 1. The smallest absolute Gasteiger partial charge is 0.271 e. The molecule has 0 radical (unpaired) electrons. The maximum Gasteiger partial charge on any atom is 0.271 e. The molecule has 1 heterocycles. The molecular formula is C26H26FN5O4. The van der Waals surface area contributed by atoms with E-state index >= 15 is 0 Å². The van der Waals surface area contributed by atoms with E-state index in [2.05, 4.69) is 20.3 Å². The van der Waals surface area contributed by atoms with E-state index in [9.17, 15) is 19.3 Å². The van der Waals surface area contributed by atoms with Crippen LogP contribution in [0.5, 0.6) is 5.75 Å². The van der Waals surface area contributed by atoms with Crippen molar-refractivity contribution in [1.29, 1.82) is 0 Å². The van der Waals surface area contributed by atoms with Crippen LogP contribution in [-0.2, 0) is 6.54 Å². The lowest BCUT2D eigenvalue weighted by atomic mass is 10.1. The Balaban J connectivity index is 1.36. The molecule has 36 heavy (non-hydrogen) atoms. The number of methoxy groups -OCH3 is 1. The molecule has 10 heteroatoms. The first kappa shape index (κ1) is 24.8. The molecule has 1 fully saturated rings. The Morgan fingerprint density at radius 2 is 1.86 bits per heavy atom. The second-order valence-corrected chi connectivity index (χ2v) is 8.32. The second-order valence-electron chi connectivity index (χ2n) is 8.32. The van der Waals surface area contributed by atoms with Gasteiger partial charge in [-0.25, -0.2) is 9.82 Å². The van der Waals surface area contributed by atoms with Crippen molar-refractivity contribution in [2.45, 2.75) is 6.54 Å². The van der Waals surface area contributed by atoms with Crippen LogP contribution in [0.2, 0.25) is 0 Å². The van der Waals surface area contributed by atoms with Gasteiger partial charge in [-0.15, -0.1) is 0 Å². The number of halogens is 1. The number of nitrogens with zero attached hydrogens (tertiary/aromatic N) is 4. The third-order valence-corrected chi connectivity index (χ3v) is 5.96. The first-order valence-corrected chi connectivity index (χ1v) is 11.4. The number of hydrogen-bond acceptors (Lipinski definition) is 7. The van der Waals surface area contributed by atoms with Gasteiger partial charge in [-0.05, 0) is 54.1 Å². The Kier molecular flexibility index (Phi) is 7.86. The molecule has 4 rings (SSSR count). The Hall–Kier alpha value is -4.31. The number of benzene rings is 3. The van der Waals surface area contributed by atoms with Crippen molar-refractivity contribution in [3.05, 3.63) is 99.4 Å². The van der Waals surface area contributed by atoms with E-state index in [0.29, 0.717) is 6.54 Å². The van der Waals surface area contributed by atoms with E-state index in [1.165, 1.54) is 42.6 Å². The monoisotopic (exact) mass is 491 g/mol. The topological polar surface area (TPSA) is 100 Å². The zero-order valence-electron chi connectivity index (χ0n) is 19.8. The molecule has 1 amide bonds. The number of nitro benzene ring substituents is 1. The second kappa shape index (κ2) is 11.4. The standard InChI is InChI=1S/C26H26FN5O4/c1-36-25-10-5-19(17-28-29-26(33)20-3-2-4-24(16-20)32(34)35)15-21(25)18-30-11-13-31(14-12-30)23-8-6-22(27)7-9-23/h2-10,15-17H,11-14,18H2,1H3,(H,29,33)/b28-17+. The molecule has 9 nitrogen and oxygen atoms in total. The first-order chi connectivity index (χ1) is 17.4. The zero-order valence-corrected chi connectivity index (χ0v) is 19.8. The molecule has 0 atom stereocenters. The van der Waals surface area contributed by atoms with Crippen molar-refractivity contribution < 1.29 is 18.8 Å². The number of rotatable bonds is 8.